The van der Waals surface area contributed by atoms with Crippen molar-refractivity contribution in [3.63, 3.8) is 0 Å². The molecule has 1 aliphatic heterocycles. The van der Waals surface area contributed by atoms with E-state index in [1.165, 1.54) is 15.7 Å². The molecule has 138 valence electrons. The van der Waals surface area contributed by atoms with Gasteiger partial charge in [-0.05, 0) is 28.8 Å². The van der Waals surface area contributed by atoms with E-state index in [0.717, 1.165) is 18.7 Å². The first-order valence-corrected chi connectivity index (χ1v) is 8.92. The molecule has 4 rings (SSSR count). The minimum atomic E-state index is -0.502. The van der Waals surface area contributed by atoms with Gasteiger partial charge >= 0.3 is 5.69 Å². The van der Waals surface area contributed by atoms with Gasteiger partial charge in [0.25, 0.3) is 5.56 Å². The Morgan fingerprint density at radius 3 is 2.78 bits per heavy atom. The molecule has 0 atom stereocenters. The zero-order valence-corrected chi connectivity index (χ0v) is 14.7. The van der Waals surface area contributed by atoms with E-state index in [4.69, 9.17) is 0 Å². The number of aromatic nitrogens is 2. The van der Waals surface area contributed by atoms with Crippen molar-refractivity contribution in [3.8, 4) is 0 Å². The van der Waals surface area contributed by atoms with Crippen LogP contribution in [0.25, 0.3) is 10.9 Å². The zero-order chi connectivity index (χ0) is 18.8. The Bertz CT molecular complexity index is 1130. The summed E-state index contributed by atoms with van der Waals surface area (Å²) in [5.41, 5.74) is 3.24. The van der Waals surface area contributed by atoms with Crippen molar-refractivity contribution in [1.82, 2.24) is 20.2 Å². The molecule has 0 saturated carbocycles. The summed E-state index contributed by atoms with van der Waals surface area (Å²) >= 11 is 0. The Morgan fingerprint density at radius 1 is 1.07 bits per heavy atom. The lowest BCUT2D eigenvalue weighted by Gasteiger charge is -2.10. The molecule has 0 unspecified atom stereocenters. The summed E-state index contributed by atoms with van der Waals surface area (Å²) < 4.78 is 1.43. The summed E-state index contributed by atoms with van der Waals surface area (Å²) in [6, 6.07) is 13.1. The first-order valence-electron chi connectivity index (χ1n) is 8.92. The number of para-hydroxylation sites is 1. The van der Waals surface area contributed by atoms with E-state index >= 15 is 0 Å². The van der Waals surface area contributed by atoms with Gasteiger partial charge in [-0.1, -0.05) is 30.3 Å². The lowest BCUT2D eigenvalue weighted by Crippen LogP contribution is -2.32. The zero-order valence-electron chi connectivity index (χ0n) is 14.7. The predicted octanol–water partition coefficient (Wildman–Crippen LogP) is 0.999. The molecule has 2 heterocycles. The number of carbonyl (C=O) groups is 1. The van der Waals surface area contributed by atoms with Gasteiger partial charge in [-0.2, -0.15) is 0 Å². The van der Waals surface area contributed by atoms with Crippen LogP contribution in [0.3, 0.4) is 0 Å². The van der Waals surface area contributed by atoms with Gasteiger partial charge < -0.3 is 10.6 Å². The number of hydrogen-bond acceptors (Lipinski definition) is 4. The van der Waals surface area contributed by atoms with Crippen molar-refractivity contribution in [2.24, 2.45) is 0 Å². The molecule has 0 bridgehead atoms. The van der Waals surface area contributed by atoms with E-state index in [-0.39, 0.29) is 18.9 Å². The molecule has 1 amide bonds. The number of carbonyl (C=O) groups excluding carboxylic acids is 1. The summed E-state index contributed by atoms with van der Waals surface area (Å²) in [6.07, 6.45) is 0.155. The van der Waals surface area contributed by atoms with Gasteiger partial charge in [0.2, 0.25) is 5.91 Å². The van der Waals surface area contributed by atoms with Gasteiger partial charge in [0.05, 0.1) is 10.9 Å². The summed E-state index contributed by atoms with van der Waals surface area (Å²) in [6.45, 7) is 2.41. The van der Waals surface area contributed by atoms with E-state index in [2.05, 4.69) is 27.8 Å². The van der Waals surface area contributed by atoms with E-state index in [0.29, 0.717) is 17.4 Å². The molecule has 0 fully saturated rings. The molecule has 7 heteroatoms. The highest BCUT2D eigenvalue weighted by Crippen LogP contribution is 2.17. The molecular formula is C20H20N4O3. The molecule has 0 spiro atoms. The molecule has 3 aromatic rings. The fraction of sp³-hybridized carbons (Fsp3) is 0.250. The molecule has 0 aliphatic carbocycles. The highest BCUT2D eigenvalue weighted by molar-refractivity contribution is 5.78. The van der Waals surface area contributed by atoms with Gasteiger partial charge in [0, 0.05) is 32.6 Å². The van der Waals surface area contributed by atoms with Crippen molar-refractivity contribution in [3.05, 3.63) is 80.0 Å². The number of H-pyrrole nitrogens is 1. The van der Waals surface area contributed by atoms with Gasteiger partial charge in [0.15, 0.2) is 0 Å². The van der Waals surface area contributed by atoms with Crippen LogP contribution in [0.15, 0.2) is 52.1 Å². The number of benzene rings is 2. The number of aromatic amines is 1. The molecule has 2 aromatic carbocycles. The summed E-state index contributed by atoms with van der Waals surface area (Å²) in [7, 11) is 0. The van der Waals surface area contributed by atoms with Crippen molar-refractivity contribution in [1.29, 1.82) is 0 Å². The lowest BCUT2D eigenvalue weighted by molar-refractivity contribution is -0.121. The molecule has 1 aliphatic rings. The summed E-state index contributed by atoms with van der Waals surface area (Å²) in [4.78, 5) is 38.5. The van der Waals surface area contributed by atoms with E-state index in [1.807, 2.05) is 6.07 Å². The topological polar surface area (TPSA) is 96.0 Å². The Labute approximate surface area is 155 Å². The average Bonchev–Trinajstić information content (AvgIpc) is 3.14. The molecule has 7 nitrogen and oxygen atoms in total. The number of amides is 1. The third-order valence-electron chi connectivity index (χ3n) is 4.86. The number of aryl methyl sites for hydroxylation is 1. The van der Waals surface area contributed by atoms with Gasteiger partial charge in [0.1, 0.15) is 0 Å². The Morgan fingerprint density at radius 2 is 1.89 bits per heavy atom. The first kappa shape index (κ1) is 17.2. The van der Waals surface area contributed by atoms with Crippen LogP contribution in [-0.4, -0.2) is 15.5 Å². The minimum absolute atomic E-state index is 0.143. The summed E-state index contributed by atoms with van der Waals surface area (Å²) in [5, 5.41) is 6.62. The summed E-state index contributed by atoms with van der Waals surface area (Å²) in [5.74, 6) is -0.143. The largest absolute Gasteiger partial charge is 0.352 e. The second-order valence-corrected chi connectivity index (χ2v) is 6.66. The maximum atomic E-state index is 12.2. The molecule has 0 radical (unpaired) electrons. The third-order valence-corrected chi connectivity index (χ3v) is 4.86. The molecule has 3 N–H and O–H groups in total. The van der Waals surface area contributed by atoms with Gasteiger partial charge in [-0.3, -0.25) is 19.1 Å². The monoisotopic (exact) mass is 364 g/mol. The fourth-order valence-corrected chi connectivity index (χ4v) is 3.42. The first-order chi connectivity index (χ1) is 13.1. The van der Waals surface area contributed by atoms with Crippen LogP contribution in [0.5, 0.6) is 0 Å². The fourth-order valence-electron chi connectivity index (χ4n) is 3.42. The molecule has 1 aromatic heterocycles. The van der Waals surface area contributed by atoms with Crippen molar-refractivity contribution < 1.29 is 4.79 Å². The lowest BCUT2D eigenvalue weighted by atomic mass is 10.1. The van der Waals surface area contributed by atoms with Crippen molar-refractivity contribution in [2.45, 2.75) is 32.6 Å². The van der Waals surface area contributed by atoms with Gasteiger partial charge in [-0.25, -0.2) is 4.79 Å². The number of nitrogens with zero attached hydrogens (tertiary/aromatic N) is 1. The Balaban J connectivity index is 1.42. The Hall–Kier alpha value is -3.19. The van der Waals surface area contributed by atoms with Crippen molar-refractivity contribution in [2.75, 3.05) is 0 Å². The van der Waals surface area contributed by atoms with Gasteiger partial charge in [-0.15, -0.1) is 0 Å². The number of fused-ring (bicyclic) bond motifs is 2. The average molecular weight is 364 g/mol. The van der Waals surface area contributed by atoms with Crippen LogP contribution < -0.4 is 21.9 Å². The normalized spacial score (nSPS) is 12.9. The maximum absolute atomic E-state index is 12.2. The highest BCUT2D eigenvalue weighted by atomic mass is 16.2. The SMILES string of the molecule is O=C(CCn1c(=O)[nH]c(=O)c2ccccc21)NCc1ccc2c(c1)CNC2. The van der Waals surface area contributed by atoms with Crippen LogP contribution in [0.2, 0.25) is 0 Å². The maximum Gasteiger partial charge on any atom is 0.328 e. The predicted molar refractivity (Wildman–Crippen MR) is 102 cm³/mol. The Kier molecular flexibility index (Phi) is 4.60. The number of hydrogen-bond donors (Lipinski definition) is 3. The number of rotatable bonds is 5. The van der Waals surface area contributed by atoms with E-state index in [9.17, 15) is 14.4 Å². The molecule has 0 saturated heterocycles. The van der Waals surface area contributed by atoms with Crippen LogP contribution in [-0.2, 0) is 31.0 Å². The molecular weight excluding hydrogens is 344 g/mol. The number of nitrogens with one attached hydrogen (secondary N) is 3. The van der Waals surface area contributed by atoms with Crippen LogP contribution in [0, 0.1) is 0 Å². The minimum Gasteiger partial charge on any atom is -0.352 e. The smallest absolute Gasteiger partial charge is 0.328 e. The van der Waals surface area contributed by atoms with Crippen LogP contribution >= 0.6 is 0 Å². The standard InChI is InChI=1S/C20H20N4O3/c25-18(22-10-13-5-6-14-11-21-12-15(14)9-13)7-8-24-17-4-2-1-3-16(17)19(26)23-20(24)27/h1-6,9,21H,7-8,10-12H2,(H,22,25)(H,23,26,27). The second-order valence-electron chi connectivity index (χ2n) is 6.66. The van der Waals surface area contributed by atoms with E-state index < -0.39 is 11.2 Å². The third kappa shape index (κ3) is 3.54. The van der Waals surface area contributed by atoms with Crippen LogP contribution in [0.1, 0.15) is 23.1 Å². The molecule has 27 heavy (non-hydrogen) atoms. The second kappa shape index (κ2) is 7.20. The highest BCUT2D eigenvalue weighted by Gasteiger charge is 2.11. The van der Waals surface area contributed by atoms with E-state index in [1.54, 1.807) is 24.3 Å². The van der Waals surface area contributed by atoms with Crippen LogP contribution in [0.4, 0.5) is 0 Å². The van der Waals surface area contributed by atoms with Crippen molar-refractivity contribution >= 4 is 16.8 Å². The quantitative estimate of drug-likeness (QED) is 0.629.